The van der Waals surface area contributed by atoms with E-state index in [0.717, 1.165) is 0 Å². The molecule has 0 nitrogen and oxygen atoms in total. The Hall–Kier alpha value is -3.94. The van der Waals surface area contributed by atoms with Crippen LogP contribution in [0.5, 0.6) is 0 Å². The normalized spacial score (nSPS) is 12.6. The summed E-state index contributed by atoms with van der Waals surface area (Å²) in [5.41, 5.74) is 7.60. The molecule has 0 aromatic heterocycles. The molecule has 0 unspecified atom stereocenters. The Morgan fingerprint density at radius 2 is 0.714 bits per heavy atom. The zero-order valence-electron chi connectivity index (χ0n) is 20.2. The SMILES string of the molecule is C[Si](C)(/C=C/c1c2ccccc2cc2ccccc12)/C=C/c1c2ccccc2cc2ccccc12. The summed E-state index contributed by atoms with van der Waals surface area (Å²) < 4.78 is 0. The van der Waals surface area contributed by atoms with Crippen LogP contribution in [0.15, 0.2) is 121 Å². The molecule has 168 valence electrons. The Morgan fingerprint density at radius 3 is 1.03 bits per heavy atom. The maximum absolute atomic E-state index is 2.48. The fourth-order valence-corrected chi connectivity index (χ4v) is 6.41. The predicted octanol–water partition coefficient (Wildman–Crippen LogP) is 9.81. The molecule has 0 heterocycles. The van der Waals surface area contributed by atoms with Gasteiger partial charge in [0.15, 0.2) is 0 Å². The first kappa shape index (κ1) is 21.6. The Balaban J connectivity index is 1.45. The first-order chi connectivity index (χ1) is 17.1. The van der Waals surface area contributed by atoms with Crippen LogP contribution < -0.4 is 0 Å². The first-order valence-corrected chi connectivity index (χ1v) is 15.4. The highest BCUT2D eigenvalue weighted by Crippen LogP contribution is 2.32. The number of hydrogen-bond acceptors (Lipinski definition) is 0. The number of hydrogen-bond donors (Lipinski definition) is 0. The van der Waals surface area contributed by atoms with E-state index in [9.17, 15) is 0 Å². The minimum Gasteiger partial charge on any atom is -0.0901 e. The molecular weight excluding hydrogens is 436 g/mol. The molecule has 0 N–H and O–H groups in total. The molecule has 1 heteroatoms. The molecular formula is C34H28Si. The lowest BCUT2D eigenvalue weighted by Crippen LogP contribution is -2.18. The second-order valence-corrected chi connectivity index (χ2v) is 14.3. The third-order valence-corrected chi connectivity index (χ3v) is 9.04. The van der Waals surface area contributed by atoms with Gasteiger partial charge in [0.25, 0.3) is 0 Å². The molecule has 6 rings (SSSR count). The summed E-state index contributed by atoms with van der Waals surface area (Å²) >= 11 is 0. The van der Waals surface area contributed by atoms with Crippen LogP contribution in [-0.4, -0.2) is 8.07 Å². The second kappa shape index (κ2) is 8.68. The lowest BCUT2D eigenvalue weighted by atomic mass is 9.97. The first-order valence-electron chi connectivity index (χ1n) is 12.3. The summed E-state index contributed by atoms with van der Waals surface area (Å²) in [6.45, 7) is 4.83. The van der Waals surface area contributed by atoms with E-state index in [1.54, 1.807) is 0 Å². The van der Waals surface area contributed by atoms with Crippen LogP contribution in [0.25, 0.3) is 55.2 Å². The molecule has 0 bridgehead atoms. The summed E-state index contributed by atoms with van der Waals surface area (Å²) in [4.78, 5) is 0. The van der Waals surface area contributed by atoms with Crippen molar-refractivity contribution in [3.05, 3.63) is 132 Å². The number of fused-ring (bicyclic) bond motifs is 4. The summed E-state index contributed by atoms with van der Waals surface area (Å²) in [7, 11) is -1.78. The molecule has 0 radical (unpaired) electrons. The molecule has 0 aliphatic heterocycles. The van der Waals surface area contributed by atoms with E-state index in [2.05, 4.69) is 146 Å². The summed E-state index contributed by atoms with van der Waals surface area (Å²) in [5.74, 6) is 0. The van der Waals surface area contributed by atoms with Gasteiger partial charge in [-0.3, -0.25) is 0 Å². The van der Waals surface area contributed by atoms with Gasteiger partial charge in [0.05, 0.1) is 8.07 Å². The van der Waals surface area contributed by atoms with Crippen LogP contribution in [0.4, 0.5) is 0 Å². The van der Waals surface area contributed by atoms with E-state index in [0.29, 0.717) is 0 Å². The van der Waals surface area contributed by atoms with Gasteiger partial charge in [-0.2, -0.15) is 0 Å². The molecule has 0 aliphatic carbocycles. The summed E-state index contributed by atoms with van der Waals surface area (Å²) in [6, 6.07) is 39.5. The minimum atomic E-state index is -1.78. The van der Waals surface area contributed by atoms with Crippen molar-refractivity contribution in [2.24, 2.45) is 0 Å². The van der Waals surface area contributed by atoms with Gasteiger partial charge in [0.1, 0.15) is 0 Å². The lowest BCUT2D eigenvalue weighted by molar-refractivity contribution is 1.73. The van der Waals surface area contributed by atoms with E-state index in [1.807, 2.05) is 0 Å². The molecule has 6 aromatic rings. The van der Waals surface area contributed by atoms with Gasteiger partial charge in [-0.25, -0.2) is 0 Å². The molecule has 0 saturated heterocycles. The zero-order valence-corrected chi connectivity index (χ0v) is 21.2. The van der Waals surface area contributed by atoms with Crippen LogP contribution in [0, 0.1) is 0 Å². The molecule has 0 saturated carbocycles. The summed E-state index contributed by atoms with van der Waals surface area (Å²) in [5, 5.41) is 10.4. The topological polar surface area (TPSA) is 0 Å². The third-order valence-electron chi connectivity index (χ3n) is 6.98. The number of rotatable bonds is 4. The second-order valence-electron chi connectivity index (χ2n) is 9.95. The lowest BCUT2D eigenvalue weighted by Gasteiger charge is -2.15. The van der Waals surface area contributed by atoms with Crippen LogP contribution in [0.3, 0.4) is 0 Å². The molecule has 0 spiro atoms. The van der Waals surface area contributed by atoms with E-state index in [-0.39, 0.29) is 0 Å². The molecule has 0 atom stereocenters. The highest BCUT2D eigenvalue weighted by molar-refractivity contribution is 6.87. The van der Waals surface area contributed by atoms with Crippen LogP contribution in [0.1, 0.15) is 11.1 Å². The predicted molar refractivity (Wildman–Crippen MR) is 158 cm³/mol. The largest absolute Gasteiger partial charge is 0.0954 e. The van der Waals surface area contributed by atoms with Crippen molar-refractivity contribution in [3.63, 3.8) is 0 Å². The Morgan fingerprint density at radius 1 is 0.429 bits per heavy atom. The van der Waals surface area contributed by atoms with Crippen molar-refractivity contribution in [3.8, 4) is 0 Å². The zero-order chi connectivity index (χ0) is 23.8. The van der Waals surface area contributed by atoms with Gasteiger partial charge in [0.2, 0.25) is 0 Å². The monoisotopic (exact) mass is 464 g/mol. The molecule has 0 fully saturated rings. The molecule has 0 amide bonds. The van der Waals surface area contributed by atoms with Crippen LogP contribution in [-0.2, 0) is 0 Å². The molecule has 35 heavy (non-hydrogen) atoms. The van der Waals surface area contributed by atoms with E-state index >= 15 is 0 Å². The number of benzene rings is 6. The van der Waals surface area contributed by atoms with Gasteiger partial charge in [-0.05, 0) is 66.3 Å². The van der Waals surface area contributed by atoms with E-state index in [1.165, 1.54) is 54.2 Å². The van der Waals surface area contributed by atoms with Gasteiger partial charge >= 0.3 is 0 Å². The smallest absolute Gasteiger partial charge is 0.0901 e. The molecule has 6 aromatic carbocycles. The van der Waals surface area contributed by atoms with Gasteiger partial charge in [-0.15, -0.1) is 0 Å². The van der Waals surface area contributed by atoms with Crippen molar-refractivity contribution in [1.29, 1.82) is 0 Å². The third kappa shape index (κ3) is 4.09. The minimum absolute atomic E-state index is 1.29. The Kier molecular flexibility index (Phi) is 5.35. The van der Waals surface area contributed by atoms with Gasteiger partial charge in [0, 0.05) is 0 Å². The Bertz CT molecular complexity index is 1530. The average Bonchev–Trinajstić information content (AvgIpc) is 2.89. The van der Waals surface area contributed by atoms with Crippen molar-refractivity contribution in [2.45, 2.75) is 13.1 Å². The van der Waals surface area contributed by atoms with E-state index < -0.39 is 8.07 Å². The average molecular weight is 465 g/mol. The summed E-state index contributed by atoms with van der Waals surface area (Å²) in [6.07, 6.45) is 4.75. The van der Waals surface area contributed by atoms with Gasteiger partial charge < -0.3 is 0 Å². The van der Waals surface area contributed by atoms with Crippen molar-refractivity contribution in [2.75, 3.05) is 0 Å². The fraction of sp³-hybridized carbons (Fsp3) is 0.0588. The highest BCUT2D eigenvalue weighted by atomic mass is 28.3. The molecule has 0 aliphatic rings. The maximum Gasteiger partial charge on any atom is 0.0954 e. The Labute approximate surface area is 207 Å². The quantitative estimate of drug-likeness (QED) is 0.180. The fourth-order valence-electron chi connectivity index (χ4n) is 5.11. The van der Waals surface area contributed by atoms with Crippen molar-refractivity contribution in [1.82, 2.24) is 0 Å². The highest BCUT2D eigenvalue weighted by Gasteiger charge is 2.14. The van der Waals surface area contributed by atoms with E-state index in [4.69, 9.17) is 0 Å². The maximum atomic E-state index is 2.48. The van der Waals surface area contributed by atoms with Crippen molar-refractivity contribution >= 4 is 63.3 Å². The van der Waals surface area contributed by atoms with Crippen LogP contribution in [0.2, 0.25) is 13.1 Å². The van der Waals surface area contributed by atoms with Crippen molar-refractivity contribution < 1.29 is 0 Å². The standard InChI is InChI=1S/C34H28Si/c1-35(2,21-19-33-29-15-7-3-11-25(29)23-26-12-4-8-16-30(26)33)22-20-34-31-17-9-5-13-27(31)24-28-14-6-10-18-32(28)34/h3-24H,1-2H3/b21-19+,22-20+. The van der Waals surface area contributed by atoms with Crippen LogP contribution >= 0.6 is 0 Å². The van der Waals surface area contributed by atoms with Gasteiger partial charge in [-0.1, -0.05) is 134 Å².